The standard InChI is InChI=1S/C16H22FNO2/c1-18(14-4-2-3-5-15(14)19)16(20)11-8-12-6-9-13(17)10-7-12/h6-7,9-10,14-15,19H,2-5,8,11H2,1H3. The average Bonchev–Trinajstić information content (AvgIpc) is 2.46. The van der Waals surface area contributed by atoms with Gasteiger partial charge in [-0.3, -0.25) is 4.79 Å². The second-order valence-electron chi connectivity index (χ2n) is 5.55. The number of aryl methyl sites for hydroxylation is 1. The Morgan fingerprint density at radius 2 is 1.95 bits per heavy atom. The van der Waals surface area contributed by atoms with Crippen LogP contribution in [0.3, 0.4) is 0 Å². The van der Waals surface area contributed by atoms with Crippen LogP contribution in [0.5, 0.6) is 0 Å². The Morgan fingerprint density at radius 1 is 1.30 bits per heavy atom. The summed E-state index contributed by atoms with van der Waals surface area (Å²) >= 11 is 0. The Morgan fingerprint density at radius 3 is 2.60 bits per heavy atom. The van der Waals surface area contributed by atoms with Crippen molar-refractivity contribution < 1.29 is 14.3 Å². The number of aliphatic hydroxyl groups excluding tert-OH is 1. The van der Waals surface area contributed by atoms with E-state index in [-0.39, 0.29) is 17.8 Å². The summed E-state index contributed by atoms with van der Waals surface area (Å²) in [4.78, 5) is 13.9. The zero-order valence-electron chi connectivity index (χ0n) is 11.9. The smallest absolute Gasteiger partial charge is 0.222 e. The van der Waals surface area contributed by atoms with E-state index < -0.39 is 6.10 Å². The summed E-state index contributed by atoms with van der Waals surface area (Å²) in [6.07, 6.45) is 4.35. The van der Waals surface area contributed by atoms with Crippen LogP contribution in [0.4, 0.5) is 4.39 Å². The van der Waals surface area contributed by atoms with Crippen molar-refractivity contribution in [2.24, 2.45) is 0 Å². The average molecular weight is 279 g/mol. The molecule has 0 radical (unpaired) electrons. The summed E-state index contributed by atoms with van der Waals surface area (Å²) in [5.74, 6) is -0.220. The number of nitrogens with zero attached hydrogens (tertiary/aromatic N) is 1. The topological polar surface area (TPSA) is 40.5 Å². The van der Waals surface area contributed by atoms with Gasteiger partial charge in [0.05, 0.1) is 12.1 Å². The van der Waals surface area contributed by atoms with Gasteiger partial charge in [-0.05, 0) is 37.0 Å². The molecule has 110 valence electrons. The lowest BCUT2D eigenvalue weighted by atomic mass is 9.91. The molecule has 1 aliphatic rings. The van der Waals surface area contributed by atoms with Gasteiger partial charge < -0.3 is 10.0 Å². The molecule has 0 bridgehead atoms. The summed E-state index contributed by atoms with van der Waals surface area (Å²) in [5, 5.41) is 9.97. The van der Waals surface area contributed by atoms with Crippen molar-refractivity contribution >= 4 is 5.91 Å². The van der Waals surface area contributed by atoms with Gasteiger partial charge in [0.2, 0.25) is 5.91 Å². The van der Waals surface area contributed by atoms with Gasteiger partial charge in [0.15, 0.2) is 0 Å². The number of hydrogen-bond acceptors (Lipinski definition) is 2. The third kappa shape index (κ3) is 3.79. The number of carbonyl (C=O) groups excluding carboxylic acids is 1. The predicted molar refractivity (Wildman–Crippen MR) is 75.8 cm³/mol. The molecule has 2 unspecified atom stereocenters. The molecular weight excluding hydrogens is 257 g/mol. The fourth-order valence-corrected chi connectivity index (χ4v) is 2.81. The van der Waals surface area contributed by atoms with Crippen LogP contribution in [0, 0.1) is 5.82 Å². The number of aliphatic hydroxyl groups is 1. The maximum absolute atomic E-state index is 12.8. The Labute approximate surface area is 119 Å². The maximum atomic E-state index is 12.8. The summed E-state index contributed by atoms with van der Waals surface area (Å²) < 4.78 is 12.8. The van der Waals surface area contributed by atoms with Crippen molar-refractivity contribution in [3.8, 4) is 0 Å². The molecule has 20 heavy (non-hydrogen) atoms. The van der Waals surface area contributed by atoms with E-state index in [1.807, 2.05) is 0 Å². The summed E-state index contributed by atoms with van der Waals surface area (Å²) in [7, 11) is 1.77. The van der Waals surface area contributed by atoms with E-state index in [2.05, 4.69) is 0 Å². The minimum Gasteiger partial charge on any atom is -0.391 e. The monoisotopic (exact) mass is 279 g/mol. The molecule has 1 aromatic rings. The second kappa shape index (κ2) is 6.84. The molecule has 1 fully saturated rings. The summed E-state index contributed by atoms with van der Waals surface area (Å²) in [5.41, 5.74) is 0.956. The maximum Gasteiger partial charge on any atom is 0.222 e. The van der Waals surface area contributed by atoms with Gasteiger partial charge in [-0.1, -0.05) is 25.0 Å². The van der Waals surface area contributed by atoms with E-state index >= 15 is 0 Å². The molecule has 1 amide bonds. The minimum absolute atomic E-state index is 0.0419. The molecule has 1 aromatic carbocycles. The molecule has 0 aromatic heterocycles. The fourth-order valence-electron chi connectivity index (χ4n) is 2.81. The molecule has 2 atom stereocenters. The highest BCUT2D eigenvalue weighted by atomic mass is 19.1. The van der Waals surface area contributed by atoms with Crippen LogP contribution in [0.2, 0.25) is 0 Å². The normalized spacial score (nSPS) is 22.6. The number of halogens is 1. The van der Waals surface area contributed by atoms with Crippen molar-refractivity contribution in [3.63, 3.8) is 0 Å². The minimum atomic E-state index is -0.400. The molecule has 3 nitrogen and oxygen atoms in total. The predicted octanol–water partition coefficient (Wildman–Crippen LogP) is 2.52. The number of hydrogen-bond donors (Lipinski definition) is 1. The van der Waals surface area contributed by atoms with Crippen LogP contribution in [0.15, 0.2) is 24.3 Å². The zero-order chi connectivity index (χ0) is 14.5. The van der Waals surface area contributed by atoms with Crippen LogP contribution >= 0.6 is 0 Å². The zero-order valence-corrected chi connectivity index (χ0v) is 11.9. The van der Waals surface area contributed by atoms with Crippen molar-refractivity contribution in [2.75, 3.05) is 7.05 Å². The van der Waals surface area contributed by atoms with E-state index in [9.17, 15) is 14.3 Å². The largest absolute Gasteiger partial charge is 0.391 e. The number of amides is 1. The molecule has 0 saturated heterocycles. The Kier molecular flexibility index (Phi) is 5.12. The first-order chi connectivity index (χ1) is 9.58. The quantitative estimate of drug-likeness (QED) is 0.920. The SMILES string of the molecule is CN(C(=O)CCc1ccc(F)cc1)C1CCCCC1O. The van der Waals surface area contributed by atoms with Gasteiger partial charge in [0.1, 0.15) is 5.82 Å². The van der Waals surface area contributed by atoms with Gasteiger partial charge in [0.25, 0.3) is 0 Å². The molecule has 0 heterocycles. The molecule has 4 heteroatoms. The fraction of sp³-hybridized carbons (Fsp3) is 0.562. The Bertz CT molecular complexity index is 446. The lowest BCUT2D eigenvalue weighted by Gasteiger charge is -2.35. The van der Waals surface area contributed by atoms with Crippen molar-refractivity contribution in [1.29, 1.82) is 0 Å². The van der Waals surface area contributed by atoms with Gasteiger partial charge in [-0.2, -0.15) is 0 Å². The molecule has 0 spiro atoms. The van der Waals surface area contributed by atoms with Gasteiger partial charge in [-0.25, -0.2) is 4.39 Å². The first-order valence-electron chi connectivity index (χ1n) is 7.26. The second-order valence-corrected chi connectivity index (χ2v) is 5.55. The van der Waals surface area contributed by atoms with Crippen molar-refractivity contribution in [1.82, 2.24) is 4.90 Å². The lowest BCUT2D eigenvalue weighted by Crippen LogP contribution is -2.46. The van der Waals surface area contributed by atoms with Gasteiger partial charge >= 0.3 is 0 Å². The molecule has 1 saturated carbocycles. The Hall–Kier alpha value is -1.42. The first kappa shape index (κ1) is 15.0. The van der Waals surface area contributed by atoms with Crippen LogP contribution < -0.4 is 0 Å². The summed E-state index contributed by atoms with van der Waals surface area (Å²) in [6.45, 7) is 0. The van der Waals surface area contributed by atoms with E-state index in [0.717, 1.165) is 31.2 Å². The first-order valence-corrected chi connectivity index (χ1v) is 7.26. The van der Waals surface area contributed by atoms with Gasteiger partial charge in [-0.15, -0.1) is 0 Å². The highest BCUT2D eigenvalue weighted by molar-refractivity contribution is 5.76. The number of rotatable bonds is 4. The van der Waals surface area contributed by atoms with Crippen molar-refractivity contribution in [3.05, 3.63) is 35.6 Å². The van der Waals surface area contributed by atoms with Crippen LogP contribution in [-0.2, 0) is 11.2 Å². The lowest BCUT2D eigenvalue weighted by molar-refractivity contribution is -0.135. The number of carbonyl (C=O) groups is 1. The highest BCUT2D eigenvalue weighted by Crippen LogP contribution is 2.23. The highest BCUT2D eigenvalue weighted by Gasteiger charge is 2.28. The van der Waals surface area contributed by atoms with E-state index in [1.165, 1.54) is 12.1 Å². The number of benzene rings is 1. The third-order valence-electron chi connectivity index (χ3n) is 4.13. The molecular formula is C16H22FNO2. The van der Waals surface area contributed by atoms with Crippen LogP contribution in [0.1, 0.15) is 37.7 Å². The summed E-state index contributed by atoms with van der Waals surface area (Å²) in [6, 6.07) is 6.18. The Balaban J connectivity index is 1.86. The molecule has 1 N–H and O–H groups in total. The van der Waals surface area contributed by atoms with E-state index in [4.69, 9.17) is 0 Å². The van der Waals surface area contributed by atoms with Crippen molar-refractivity contribution in [2.45, 2.75) is 50.7 Å². The third-order valence-corrected chi connectivity index (χ3v) is 4.13. The van der Waals surface area contributed by atoms with Crippen LogP contribution in [0.25, 0.3) is 0 Å². The van der Waals surface area contributed by atoms with E-state index in [0.29, 0.717) is 12.8 Å². The number of likely N-dealkylation sites (N-methyl/N-ethyl adjacent to an activating group) is 1. The molecule has 0 aliphatic heterocycles. The van der Waals surface area contributed by atoms with E-state index in [1.54, 1.807) is 24.1 Å². The molecule has 2 rings (SSSR count). The van der Waals surface area contributed by atoms with Gasteiger partial charge in [0, 0.05) is 13.5 Å². The van der Waals surface area contributed by atoms with Crippen LogP contribution in [-0.4, -0.2) is 35.1 Å². The molecule has 1 aliphatic carbocycles.